The lowest BCUT2D eigenvalue weighted by Gasteiger charge is -2.50. The number of carbonyl (C=O) groups is 2. The van der Waals surface area contributed by atoms with E-state index >= 15 is 0 Å². The molecular formula is C49H84N2O37S2. The molecule has 41 heteroatoms. The van der Waals surface area contributed by atoms with Crippen LogP contribution >= 0.6 is 23.5 Å². The Hall–Kier alpha value is -1.76. The van der Waals surface area contributed by atoms with E-state index in [1.165, 1.54) is 6.92 Å². The van der Waals surface area contributed by atoms with Crippen LogP contribution in [0.15, 0.2) is 0 Å². The van der Waals surface area contributed by atoms with E-state index < -0.39 is 284 Å². The average Bonchev–Trinajstić information content (AvgIpc) is 0.886. The maximum absolute atomic E-state index is 11.7. The number of hydrogen-bond donors (Lipinski definition) is 23. The lowest BCUT2D eigenvalue weighted by molar-refractivity contribution is -0.394. The number of nitrogens with two attached hydrogens (primary N) is 2. The van der Waals surface area contributed by atoms with Crippen molar-refractivity contribution in [1.29, 1.82) is 0 Å². The van der Waals surface area contributed by atoms with Crippen molar-refractivity contribution in [2.75, 3.05) is 62.7 Å². The van der Waals surface area contributed by atoms with Crippen molar-refractivity contribution in [3.8, 4) is 0 Å². The largest absolute Gasteiger partial charge is 0.480 e. The zero-order valence-electron chi connectivity index (χ0n) is 47.8. The van der Waals surface area contributed by atoms with E-state index in [1.54, 1.807) is 0 Å². The molecule has 0 saturated carbocycles. The molecule has 0 radical (unpaired) electrons. The van der Waals surface area contributed by atoms with Crippen LogP contribution in [0, 0.1) is 0 Å². The Labute approximate surface area is 519 Å². The van der Waals surface area contributed by atoms with E-state index in [0.29, 0.717) is 0 Å². The third-order valence-corrected chi connectivity index (χ3v) is 18.3. The van der Waals surface area contributed by atoms with Gasteiger partial charge in [-0.3, -0.25) is 9.59 Å². The SMILES string of the molecule is CC1OC(CSC[C@@H](N)C(=O)O)[C@H](C(O)CO)O[C@@H]2OC(CO)[C@@H](O[C@@H]3OC(CO)[C@@H](O[C@H]4OC(CSC[C@@H](N)C(=O)O)[C@@H](O[C@H]5OC(CO)[C@@H](O[C@H]6OC(CO)[C@@H](O[C@H]7OC(CO)[C@@H](O1)C(O)C7O)C(O)C6O)C(O)C5O)C(O)C4O)C(O)C3O)C(O)C2O. The van der Waals surface area contributed by atoms with Crippen molar-refractivity contribution in [2.45, 2.75) is 228 Å². The summed E-state index contributed by atoms with van der Waals surface area (Å²) in [6.07, 6.45) is -68.2. The van der Waals surface area contributed by atoms with Crippen LogP contribution in [0.2, 0.25) is 0 Å². The monoisotopic (exact) mass is 1360 g/mol. The standard InChI is InChI=1S/C49H84N2O37S2/c1-12-75-21(10-89-8-13(50)42(71)72)35(15(58)2-52)83-44-30(66)24(60)37(17(4-54)78-44)85-47-32(68)26(62)40(20(7-57)80-47)87-49-34(70)28(64)41(22(82-49)11-90-9-14(51)43(73)74)88-48-33(69)27(63)39(19(6-56)81-48)86-46-31(67)25(61)38(18(5-55)79-46)84-45-29(65)23(59)36(76-12)16(3-53)77-45/h12-41,44-49,52-70H,2-11,50-51H2,1H3,(H,71,72)(H,73,74)/t12?,13-,14-,15?,16?,17?,18?,19?,20?,21?,22?,23?,24?,25?,26?,27?,28?,29?,30?,31?,32?,33?,34?,35+,36-,37-,38-,39-,40-,41-,44+,45-,46-,47+,48-,49-/m1/s1. The number of thioether (sulfide) groups is 2. The topological polar surface area (TPSA) is 640 Å². The summed E-state index contributed by atoms with van der Waals surface area (Å²) in [7, 11) is 0. The van der Waals surface area contributed by atoms with Crippen LogP contribution in [0.5, 0.6) is 0 Å². The highest BCUT2D eigenvalue weighted by atomic mass is 32.2. The molecule has 12 bridgehead atoms. The minimum absolute atomic E-state index is 0.320. The molecule has 0 spiro atoms. The van der Waals surface area contributed by atoms with E-state index in [2.05, 4.69) is 0 Å². The number of aliphatic hydroxyl groups excluding tert-OH is 19. The van der Waals surface area contributed by atoms with Gasteiger partial charge in [0.1, 0.15) is 165 Å². The van der Waals surface area contributed by atoms with Crippen molar-refractivity contribution < 1.29 is 183 Å². The van der Waals surface area contributed by atoms with Gasteiger partial charge in [-0.05, 0) is 6.92 Å². The van der Waals surface area contributed by atoms with Crippen LogP contribution in [0.4, 0.5) is 0 Å². The fourth-order valence-electron chi connectivity index (χ4n) is 10.9. The first-order valence-corrected chi connectivity index (χ1v) is 30.7. The van der Waals surface area contributed by atoms with Crippen molar-refractivity contribution in [3.05, 3.63) is 0 Å². The molecule has 0 amide bonds. The zero-order valence-corrected chi connectivity index (χ0v) is 49.4. The Bertz CT molecular complexity index is 2190. The van der Waals surface area contributed by atoms with Gasteiger partial charge in [0.05, 0.1) is 51.8 Å². The molecule has 13 fully saturated rings. The minimum atomic E-state index is -2.28. The number of aliphatic carboxylic acids is 2. The molecule has 13 rings (SSSR count). The van der Waals surface area contributed by atoms with Gasteiger partial charge in [-0.25, -0.2) is 0 Å². The van der Waals surface area contributed by atoms with Gasteiger partial charge in [0.25, 0.3) is 0 Å². The highest BCUT2D eigenvalue weighted by Gasteiger charge is 2.58. The molecule has 13 aliphatic rings. The summed E-state index contributed by atoms with van der Waals surface area (Å²) >= 11 is 1.59. The first kappa shape index (κ1) is 75.6. The molecule has 524 valence electrons. The number of fused-ring (bicyclic) bond motifs is 6. The quantitative estimate of drug-likeness (QED) is 0.0643. The van der Waals surface area contributed by atoms with E-state index in [0.717, 1.165) is 23.5 Å². The van der Waals surface area contributed by atoms with Crippen LogP contribution in [0.1, 0.15) is 6.92 Å². The van der Waals surface area contributed by atoms with Crippen molar-refractivity contribution in [2.24, 2.45) is 11.5 Å². The van der Waals surface area contributed by atoms with Gasteiger partial charge in [-0.2, -0.15) is 23.5 Å². The number of hydrogen-bond acceptors (Lipinski definition) is 39. The lowest BCUT2D eigenvalue weighted by atomic mass is 9.95. The molecule has 36 atom stereocenters. The Morgan fingerprint density at radius 1 is 0.356 bits per heavy atom. The third-order valence-electron chi connectivity index (χ3n) is 15.9. The fourth-order valence-corrected chi connectivity index (χ4v) is 13.0. The van der Waals surface area contributed by atoms with Crippen LogP contribution in [0.25, 0.3) is 0 Å². The molecule has 39 nitrogen and oxygen atoms in total. The molecule has 0 aromatic rings. The summed E-state index contributed by atoms with van der Waals surface area (Å²) in [5.41, 5.74) is 11.4. The number of rotatable bonds is 17. The molecule has 13 aliphatic heterocycles. The average molecular weight is 1360 g/mol. The summed E-state index contributed by atoms with van der Waals surface area (Å²) in [6, 6.07) is -2.95. The highest BCUT2D eigenvalue weighted by Crippen LogP contribution is 2.39. The normalized spacial score (nSPS) is 48.0. The van der Waals surface area contributed by atoms with Gasteiger partial charge in [0, 0.05) is 23.0 Å². The predicted molar refractivity (Wildman–Crippen MR) is 287 cm³/mol. The van der Waals surface area contributed by atoms with Gasteiger partial charge in [0.15, 0.2) is 44.0 Å². The van der Waals surface area contributed by atoms with E-state index in [9.17, 15) is 117 Å². The molecule has 21 unspecified atom stereocenters. The maximum Gasteiger partial charge on any atom is 0.321 e. The van der Waals surface area contributed by atoms with Crippen LogP contribution < -0.4 is 11.5 Å². The minimum Gasteiger partial charge on any atom is -0.480 e. The molecule has 13 saturated heterocycles. The van der Waals surface area contributed by atoms with Gasteiger partial charge < -0.3 is 185 Å². The van der Waals surface area contributed by atoms with Gasteiger partial charge in [-0.15, -0.1) is 0 Å². The molecular weight excluding hydrogens is 1270 g/mol. The molecule has 0 aromatic heterocycles. The lowest BCUT2D eigenvalue weighted by Crippen LogP contribution is -2.68. The van der Waals surface area contributed by atoms with Crippen LogP contribution in [0.3, 0.4) is 0 Å². The van der Waals surface area contributed by atoms with Crippen molar-refractivity contribution in [3.63, 3.8) is 0 Å². The summed E-state index contributed by atoms with van der Waals surface area (Å²) in [5, 5.41) is 232. The second-order valence-electron chi connectivity index (χ2n) is 22.2. The Balaban J connectivity index is 1.23. The zero-order chi connectivity index (χ0) is 66.3. The summed E-state index contributed by atoms with van der Waals surface area (Å²) in [6.45, 7) is -5.31. The van der Waals surface area contributed by atoms with Crippen molar-refractivity contribution in [1.82, 2.24) is 0 Å². The summed E-state index contributed by atoms with van der Waals surface area (Å²) < 4.78 is 81.9. The maximum atomic E-state index is 11.7. The Morgan fingerprint density at radius 3 is 0.867 bits per heavy atom. The van der Waals surface area contributed by atoms with Gasteiger partial charge >= 0.3 is 11.9 Å². The van der Waals surface area contributed by atoms with Crippen LogP contribution in [-0.2, 0) is 75.9 Å². The second kappa shape index (κ2) is 34.0. The highest BCUT2D eigenvalue weighted by molar-refractivity contribution is 7.99. The van der Waals surface area contributed by atoms with E-state index in [4.69, 9.17) is 77.8 Å². The number of ether oxygens (including phenoxy) is 14. The molecule has 0 aromatic carbocycles. The van der Waals surface area contributed by atoms with Crippen molar-refractivity contribution >= 4 is 35.5 Å². The Morgan fingerprint density at radius 2 is 0.600 bits per heavy atom. The first-order chi connectivity index (χ1) is 42.6. The molecule has 0 aliphatic carbocycles. The fraction of sp³-hybridized carbons (Fsp3) is 0.959. The molecule has 13 heterocycles. The first-order valence-electron chi connectivity index (χ1n) is 28.4. The summed E-state index contributed by atoms with van der Waals surface area (Å²) in [5.74, 6) is -4.31. The molecule has 25 N–H and O–H groups in total. The Kier molecular flexibility index (Phi) is 28.5. The predicted octanol–water partition coefficient (Wildman–Crippen LogP) is -14.3. The second-order valence-corrected chi connectivity index (χ2v) is 24.4. The van der Waals surface area contributed by atoms with Gasteiger partial charge in [-0.1, -0.05) is 0 Å². The van der Waals surface area contributed by atoms with E-state index in [-0.39, 0.29) is 11.5 Å². The number of carboxylic acid groups (broad SMARTS) is 2. The molecule has 90 heavy (non-hydrogen) atoms. The van der Waals surface area contributed by atoms with Gasteiger partial charge in [0.2, 0.25) is 0 Å². The number of carboxylic acids is 2. The number of aliphatic hydroxyl groups is 19. The smallest absolute Gasteiger partial charge is 0.321 e. The summed E-state index contributed by atoms with van der Waals surface area (Å²) in [4.78, 5) is 23.3. The van der Waals surface area contributed by atoms with Crippen LogP contribution in [-0.4, -0.2) is 403 Å². The van der Waals surface area contributed by atoms with E-state index in [1.807, 2.05) is 0 Å². The third kappa shape index (κ3) is 17.3.